The topological polar surface area (TPSA) is 67.4 Å². The maximum Gasteiger partial charge on any atom is 0.231 e. The molecule has 0 amide bonds. The normalized spacial score (nSPS) is 12.9. The van der Waals surface area contributed by atoms with Crippen LogP contribution in [0.25, 0.3) is 0 Å². The van der Waals surface area contributed by atoms with Crippen molar-refractivity contribution in [2.45, 2.75) is 13.5 Å². The van der Waals surface area contributed by atoms with Crippen molar-refractivity contribution < 1.29 is 14.2 Å². The highest BCUT2D eigenvalue weighted by atomic mass is 127. The van der Waals surface area contributed by atoms with Crippen LogP contribution in [0.2, 0.25) is 0 Å². The summed E-state index contributed by atoms with van der Waals surface area (Å²) in [7, 11) is 3.80. The minimum Gasteiger partial charge on any atom is -0.454 e. The molecule has 0 aromatic heterocycles. The second-order valence-corrected chi connectivity index (χ2v) is 5.61. The van der Waals surface area contributed by atoms with E-state index in [1.807, 2.05) is 18.2 Å². The fourth-order valence-corrected chi connectivity index (χ4v) is 2.28. The molecule has 1 aromatic rings. The van der Waals surface area contributed by atoms with Gasteiger partial charge in [0.1, 0.15) is 0 Å². The van der Waals surface area contributed by atoms with Crippen LogP contribution >= 0.6 is 24.0 Å². The van der Waals surface area contributed by atoms with Crippen molar-refractivity contribution in [3.8, 4) is 11.5 Å². The van der Waals surface area contributed by atoms with Gasteiger partial charge in [0.15, 0.2) is 17.5 Å². The molecule has 1 aliphatic heterocycles. The zero-order valence-corrected chi connectivity index (χ0v) is 17.5. The third kappa shape index (κ3) is 7.66. The molecule has 142 valence electrons. The van der Waals surface area contributed by atoms with Crippen molar-refractivity contribution in [3.63, 3.8) is 0 Å². The summed E-state index contributed by atoms with van der Waals surface area (Å²) in [6, 6.07) is 5.92. The van der Waals surface area contributed by atoms with Crippen molar-refractivity contribution >= 4 is 29.9 Å². The lowest BCUT2D eigenvalue weighted by molar-refractivity contribution is 0.162. The Balaban J connectivity index is 0.00000312. The number of methoxy groups -OCH3 is 1. The molecule has 0 saturated carbocycles. The summed E-state index contributed by atoms with van der Waals surface area (Å²) in [5.41, 5.74) is 1.09. The molecular weight excluding hydrogens is 435 g/mol. The van der Waals surface area contributed by atoms with Gasteiger partial charge in [0.2, 0.25) is 6.79 Å². The van der Waals surface area contributed by atoms with Gasteiger partial charge in [-0.3, -0.25) is 0 Å². The van der Waals surface area contributed by atoms with E-state index in [9.17, 15) is 0 Å². The predicted molar refractivity (Wildman–Crippen MR) is 110 cm³/mol. The lowest BCUT2D eigenvalue weighted by atomic mass is 10.2. The molecular formula is C17H29IN4O3. The first-order valence-electron chi connectivity index (χ1n) is 8.31. The van der Waals surface area contributed by atoms with E-state index in [0.717, 1.165) is 55.8 Å². The third-order valence-electron chi connectivity index (χ3n) is 3.66. The second kappa shape index (κ2) is 12.2. The molecule has 0 atom stereocenters. The van der Waals surface area contributed by atoms with Crippen LogP contribution in [-0.4, -0.2) is 64.6 Å². The van der Waals surface area contributed by atoms with Gasteiger partial charge in [-0.15, -0.1) is 24.0 Å². The van der Waals surface area contributed by atoms with Crippen molar-refractivity contribution in [1.82, 2.24) is 15.5 Å². The van der Waals surface area contributed by atoms with Crippen LogP contribution in [-0.2, 0) is 11.3 Å². The van der Waals surface area contributed by atoms with E-state index in [2.05, 4.69) is 34.5 Å². The van der Waals surface area contributed by atoms with Crippen molar-refractivity contribution in [1.29, 1.82) is 0 Å². The molecule has 0 bridgehead atoms. The van der Waals surface area contributed by atoms with Gasteiger partial charge >= 0.3 is 0 Å². The highest BCUT2D eigenvalue weighted by molar-refractivity contribution is 14.0. The number of hydrogen-bond donors (Lipinski definition) is 2. The maximum absolute atomic E-state index is 5.40. The number of nitrogens with zero attached hydrogens (tertiary/aromatic N) is 2. The van der Waals surface area contributed by atoms with Crippen LogP contribution in [0.5, 0.6) is 11.5 Å². The van der Waals surface area contributed by atoms with E-state index < -0.39 is 0 Å². The summed E-state index contributed by atoms with van der Waals surface area (Å²) in [6.07, 6.45) is 0. The molecule has 2 N–H and O–H groups in total. The summed E-state index contributed by atoms with van der Waals surface area (Å²) in [5, 5.41) is 6.61. The number of benzene rings is 1. The van der Waals surface area contributed by atoms with Gasteiger partial charge in [-0.25, -0.2) is 4.99 Å². The van der Waals surface area contributed by atoms with Crippen LogP contribution in [0.3, 0.4) is 0 Å². The molecule has 1 aromatic carbocycles. The SMILES string of the molecule is CCNC(=NCc1ccc2c(c1)OCO2)NCCN(C)CCOC.I. The summed E-state index contributed by atoms with van der Waals surface area (Å²) in [5.74, 6) is 2.41. The largest absolute Gasteiger partial charge is 0.454 e. The molecule has 2 rings (SSSR count). The fraction of sp³-hybridized carbons (Fsp3) is 0.588. The van der Waals surface area contributed by atoms with Gasteiger partial charge in [-0.1, -0.05) is 6.07 Å². The minimum absolute atomic E-state index is 0. The van der Waals surface area contributed by atoms with E-state index in [1.54, 1.807) is 7.11 Å². The second-order valence-electron chi connectivity index (χ2n) is 5.61. The molecule has 8 heteroatoms. The maximum atomic E-state index is 5.40. The van der Waals surface area contributed by atoms with E-state index >= 15 is 0 Å². The Hall–Kier alpha value is -1.26. The average molecular weight is 464 g/mol. The van der Waals surface area contributed by atoms with E-state index in [1.165, 1.54) is 0 Å². The number of likely N-dealkylation sites (N-methyl/N-ethyl adjacent to an activating group) is 1. The highest BCUT2D eigenvalue weighted by Crippen LogP contribution is 2.32. The van der Waals surface area contributed by atoms with Crippen LogP contribution in [0.1, 0.15) is 12.5 Å². The van der Waals surface area contributed by atoms with Crippen molar-refractivity contribution in [2.24, 2.45) is 4.99 Å². The van der Waals surface area contributed by atoms with Crippen LogP contribution < -0.4 is 20.1 Å². The Labute approximate surface area is 167 Å². The van der Waals surface area contributed by atoms with Gasteiger partial charge in [-0.2, -0.15) is 0 Å². The molecule has 0 fully saturated rings. The molecule has 0 aliphatic carbocycles. The molecule has 1 heterocycles. The Kier molecular flexibility index (Phi) is 10.6. The van der Waals surface area contributed by atoms with Crippen LogP contribution in [0.15, 0.2) is 23.2 Å². The van der Waals surface area contributed by atoms with E-state index in [4.69, 9.17) is 14.2 Å². The number of guanidine groups is 1. The van der Waals surface area contributed by atoms with E-state index in [0.29, 0.717) is 13.3 Å². The quantitative estimate of drug-likeness (QED) is 0.329. The summed E-state index contributed by atoms with van der Waals surface area (Å²) in [6.45, 7) is 7.19. The predicted octanol–water partition coefficient (Wildman–Crippen LogP) is 1.67. The number of halogens is 1. The molecule has 0 unspecified atom stereocenters. The number of rotatable bonds is 9. The summed E-state index contributed by atoms with van der Waals surface area (Å²) in [4.78, 5) is 6.84. The Bertz CT molecular complexity index is 543. The molecule has 1 aliphatic rings. The number of ether oxygens (including phenoxy) is 3. The summed E-state index contributed by atoms with van der Waals surface area (Å²) < 4.78 is 15.8. The Morgan fingerprint density at radius 3 is 2.80 bits per heavy atom. The monoisotopic (exact) mass is 464 g/mol. The van der Waals surface area contributed by atoms with Crippen molar-refractivity contribution in [3.05, 3.63) is 23.8 Å². The first-order valence-corrected chi connectivity index (χ1v) is 8.31. The highest BCUT2D eigenvalue weighted by Gasteiger charge is 2.12. The fourth-order valence-electron chi connectivity index (χ4n) is 2.28. The van der Waals surface area contributed by atoms with E-state index in [-0.39, 0.29) is 24.0 Å². The Morgan fingerprint density at radius 1 is 1.24 bits per heavy atom. The first kappa shape index (κ1) is 21.8. The molecule has 7 nitrogen and oxygen atoms in total. The third-order valence-corrected chi connectivity index (χ3v) is 3.66. The lowest BCUT2D eigenvalue weighted by Crippen LogP contribution is -2.41. The Morgan fingerprint density at radius 2 is 2.04 bits per heavy atom. The van der Waals surface area contributed by atoms with Crippen LogP contribution in [0.4, 0.5) is 0 Å². The smallest absolute Gasteiger partial charge is 0.231 e. The average Bonchev–Trinajstić information content (AvgIpc) is 3.05. The first-order chi connectivity index (χ1) is 11.7. The van der Waals surface area contributed by atoms with Gasteiger partial charge in [-0.05, 0) is 31.7 Å². The molecule has 25 heavy (non-hydrogen) atoms. The van der Waals surface area contributed by atoms with Gasteiger partial charge in [0, 0.05) is 33.3 Å². The zero-order chi connectivity index (χ0) is 17.2. The number of fused-ring (bicyclic) bond motifs is 1. The minimum atomic E-state index is 0. The number of aliphatic imine (C=N–C) groups is 1. The van der Waals surface area contributed by atoms with Gasteiger partial charge < -0.3 is 29.7 Å². The lowest BCUT2D eigenvalue weighted by Gasteiger charge is -2.17. The molecule has 0 radical (unpaired) electrons. The van der Waals surface area contributed by atoms with Crippen molar-refractivity contribution in [2.75, 3.05) is 53.7 Å². The van der Waals surface area contributed by atoms with Crippen LogP contribution in [0, 0.1) is 0 Å². The molecule has 0 saturated heterocycles. The van der Waals surface area contributed by atoms with Gasteiger partial charge in [0.25, 0.3) is 0 Å². The number of nitrogens with one attached hydrogen (secondary N) is 2. The molecule has 0 spiro atoms. The summed E-state index contributed by atoms with van der Waals surface area (Å²) >= 11 is 0. The standard InChI is InChI=1S/C17H28N4O3.HI/c1-4-18-17(19-7-8-21(2)9-10-22-3)20-12-14-5-6-15-16(11-14)24-13-23-15;/h5-6,11H,4,7-10,12-13H2,1-3H3,(H2,18,19,20);1H. The number of hydrogen-bond acceptors (Lipinski definition) is 5. The van der Waals surface area contributed by atoms with Gasteiger partial charge in [0.05, 0.1) is 13.2 Å². The zero-order valence-electron chi connectivity index (χ0n) is 15.2.